The number of rotatable bonds is 2. The summed E-state index contributed by atoms with van der Waals surface area (Å²) in [5, 5.41) is 3.69. The topological polar surface area (TPSA) is 34.7 Å². The maximum atomic E-state index is 8.18. The van der Waals surface area contributed by atoms with E-state index in [1.54, 1.807) is 12.1 Å². The van der Waals surface area contributed by atoms with Crippen molar-refractivity contribution in [1.82, 2.24) is 0 Å². The van der Waals surface area contributed by atoms with Gasteiger partial charge in [0.05, 0.1) is 0 Å². The number of halogens is 1. The molecule has 0 unspecified atom stereocenters. The molecule has 0 heterocycles. The molecule has 0 aliphatic heterocycles. The van der Waals surface area contributed by atoms with Crippen molar-refractivity contribution in [3.05, 3.63) is 40.4 Å². The van der Waals surface area contributed by atoms with Crippen LogP contribution < -0.4 is 0 Å². The molecule has 10 heavy (non-hydrogen) atoms. The fraction of sp³-hybridized carbons (Fsp3) is 0.143. The summed E-state index contributed by atoms with van der Waals surface area (Å²) in [5.41, 5.74) is 9.13. The molecule has 0 aromatic heterocycles. The number of hydrogen-bond donors (Lipinski definition) is 0. The van der Waals surface area contributed by atoms with Gasteiger partial charge in [-0.3, -0.25) is 0 Å². The minimum Gasteiger partial charge on any atom is -0.712 e. The molecule has 3 heteroatoms. The van der Waals surface area contributed by atoms with Crippen molar-refractivity contribution in [2.24, 2.45) is 5.11 Å². The van der Waals surface area contributed by atoms with E-state index >= 15 is 0 Å². The van der Waals surface area contributed by atoms with E-state index in [1.165, 1.54) is 0 Å². The molecule has 0 aliphatic rings. The third-order valence-electron chi connectivity index (χ3n) is 1.17. The van der Waals surface area contributed by atoms with Gasteiger partial charge < -0.3 is 10.6 Å². The van der Waals surface area contributed by atoms with Crippen LogP contribution in [-0.4, -0.2) is 0 Å². The van der Waals surface area contributed by atoms with Gasteiger partial charge in [-0.1, -0.05) is 23.7 Å². The zero-order valence-electron chi connectivity index (χ0n) is 5.29. The first-order chi connectivity index (χ1) is 4.83. The molecule has 2 nitrogen and oxygen atoms in total. The van der Waals surface area contributed by atoms with Crippen molar-refractivity contribution < 1.29 is 0 Å². The fourth-order valence-corrected chi connectivity index (χ4v) is 0.797. The monoisotopic (exact) mass is 153 g/mol. The Hall–Kier alpha value is -0.890. The van der Waals surface area contributed by atoms with Crippen LogP contribution in [0.15, 0.2) is 29.4 Å². The summed E-state index contributed by atoms with van der Waals surface area (Å²) < 4.78 is 0. The minimum absolute atomic E-state index is 0.331. The first-order valence-electron chi connectivity index (χ1n) is 2.88. The maximum absolute atomic E-state index is 8.18. The lowest BCUT2D eigenvalue weighted by Crippen LogP contribution is -1.76. The highest BCUT2D eigenvalue weighted by atomic mass is 35.5. The average Bonchev–Trinajstić information content (AvgIpc) is 1.95. The molecular weight excluding hydrogens is 148 g/mol. The highest BCUT2D eigenvalue weighted by molar-refractivity contribution is 6.30. The Morgan fingerprint density at radius 3 is 2.40 bits per heavy atom. The summed E-state index contributed by atoms with van der Waals surface area (Å²) in [6, 6.07) is 7.17. The molecule has 0 bridgehead atoms. The predicted molar refractivity (Wildman–Crippen MR) is 40.9 cm³/mol. The molecule has 0 amide bonds. The first kappa shape index (κ1) is 7.22. The Kier molecular flexibility index (Phi) is 2.40. The second-order valence-corrected chi connectivity index (χ2v) is 2.36. The zero-order valence-corrected chi connectivity index (χ0v) is 6.04. The van der Waals surface area contributed by atoms with Crippen LogP contribution in [0.4, 0.5) is 0 Å². The zero-order chi connectivity index (χ0) is 7.40. The van der Waals surface area contributed by atoms with Gasteiger partial charge in [-0.25, -0.2) is 0 Å². The van der Waals surface area contributed by atoms with Gasteiger partial charge >= 0.3 is 0 Å². The van der Waals surface area contributed by atoms with Gasteiger partial charge in [0.15, 0.2) is 0 Å². The van der Waals surface area contributed by atoms with Crippen LogP contribution in [0, 0.1) is 0 Å². The van der Waals surface area contributed by atoms with Crippen LogP contribution in [0.3, 0.4) is 0 Å². The van der Waals surface area contributed by atoms with E-state index in [2.05, 4.69) is 5.11 Å². The molecule has 0 fully saturated rings. The molecule has 0 atom stereocenters. The van der Waals surface area contributed by atoms with E-state index in [0.29, 0.717) is 11.6 Å². The predicted octanol–water partition coefficient (Wildman–Crippen LogP) is 2.86. The van der Waals surface area contributed by atoms with Crippen LogP contribution in [0.5, 0.6) is 0 Å². The summed E-state index contributed by atoms with van der Waals surface area (Å²) in [6.07, 6.45) is 0. The van der Waals surface area contributed by atoms with Gasteiger partial charge in [0, 0.05) is 11.6 Å². The van der Waals surface area contributed by atoms with Crippen molar-refractivity contribution in [1.29, 1.82) is 0 Å². The van der Waals surface area contributed by atoms with Crippen LogP contribution in [0.2, 0.25) is 5.02 Å². The summed E-state index contributed by atoms with van der Waals surface area (Å²) >= 11 is 5.62. The second kappa shape index (κ2) is 3.32. The quantitative estimate of drug-likeness (QED) is 0.586. The molecule has 52 valence electrons. The van der Waals surface area contributed by atoms with Gasteiger partial charge in [-0.2, -0.15) is 0 Å². The highest BCUT2D eigenvalue weighted by Crippen LogP contribution is 2.09. The van der Waals surface area contributed by atoms with Crippen LogP contribution in [0.25, 0.3) is 5.53 Å². The summed E-state index contributed by atoms with van der Waals surface area (Å²) in [4.78, 5) is 0. The van der Waals surface area contributed by atoms with Gasteiger partial charge in [0.2, 0.25) is 0 Å². The van der Waals surface area contributed by atoms with Crippen molar-refractivity contribution in [2.75, 3.05) is 0 Å². The molecular formula is C7H6ClN2-. The Morgan fingerprint density at radius 2 is 1.90 bits per heavy atom. The largest absolute Gasteiger partial charge is 0.712 e. The van der Waals surface area contributed by atoms with Crippen molar-refractivity contribution in [3.8, 4) is 0 Å². The molecule has 0 saturated heterocycles. The average molecular weight is 154 g/mol. The fourth-order valence-electron chi connectivity index (χ4n) is 0.671. The van der Waals surface area contributed by atoms with E-state index in [9.17, 15) is 0 Å². The normalized spacial score (nSPS) is 9.30. The summed E-state index contributed by atoms with van der Waals surface area (Å²) in [7, 11) is 0. The first-order valence-corrected chi connectivity index (χ1v) is 3.26. The van der Waals surface area contributed by atoms with Gasteiger partial charge in [0.1, 0.15) is 0 Å². The number of benzene rings is 1. The number of hydrogen-bond acceptors (Lipinski definition) is 1. The number of nitrogens with zero attached hydrogens (tertiary/aromatic N) is 2. The molecule has 1 rings (SSSR count). The van der Waals surface area contributed by atoms with E-state index in [0.717, 1.165) is 5.56 Å². The Bertz CT molecular complexity index is 218. The Labute approximate surface area is 64.3 Å². The van der Waals surface area contributed by atoms with Crippen LogP contribution in [0.1, 0.15) is 5.56 Å². The van der Waals surface area contributed by atoms with Crippen LogP contribution >= 0.6 is 11.6 Å². The SMILES string of the molecule is [N-]=NCc1ccc(Cl)cc1. The lowest BCUT2D eigenvalue weighted by Gasteiger charge is -1.97. The highest BCUT2D eigenvalue weighted by Gasteiger charge is 1.87. The van der Waals surface area contributed by atoms with Crippen molar-refractivity contribution in [2.45, 2.75) is 6.54 Å². The van der Waals surface area contributed by atoms with Gasteiger partial charge in [-0.15, -0.1) is 0 Å². The molecule has 0 radical (unpaired) electrons. The molecule has 0 saturated carbocycles. The third kappa shape index (κ3) is 1.81. The molecule has 0 N–H and O–H groups in total. The second-order valence-electron chi connectivity index (χ2n) is 1.93. The summed E-state index contributed by atoms with van der Waals surface area (Å²) in [6.45, 7) is 0.331. The molecule has 0 aliphatic carbocycles. The van der Waals surface area contributed by atoms with E-state index < -0.39 is 0 Å². The molecule has 0 spiro atoms. The van der Waals surface area contributed by atoms with E-state index in [-0.39, 0.29) is 0 Å². The Balaban J connectivity index is 2.78. The van der Waals surface area contributed by atoms with E-state index in [1.807, 2.05) is 12.1 Å². The maximum Gasteiger partial charge on any atom is 0.0406 e. The molecule has 1 aromatic carbocycles. The lowest BCUT2D eigenvalue weighted by molar-refractivity contribution is 1.05. The lowest BCUT2D eigenvalue weighted by atomic mass is 10.2. The standard InChI is InChI=1S/C7H6ClN2/c8-7-3-1-6(2-4-7)5-10-9/h1-4H,5H2/q-1. The van der Waals surface area contributed by atoms with Gasteiger partial charge in [-0.05, 0) is 17.7 Å². The third-order valence-corrected chi connectivity index (χ3v) is 1.42. The van der Waals surface area contributed by atoms with Crippen LogP contribution in [-0.2, 0) is 6.54 Å². The Morgan fingerprint density at radius 1 is 1.30 bits per heavy atom. The van der Waals surface area contributed by atoms with E-state index in [4.69, 9.17) is 17.1 Å². The van der Waals surface area contributed by atoms with Gasteiger partial charge in [0.25, 0.3) is 0 Å². The molecule has 1 aromatic rings. The van der Waals surface area contributed by atoms with Crippen molar-refractivity contribution >= 4 is 11.6 Å². The summed E-state index contributed by atoms with van der Waals surface area (Å²) in [5.74, 6) is 0. The smallest absolute Gasteiger partial charge is 0.0406 e. The van der Waals surface area contributed by atoms with Crippen molar-refractivity contribution in [3.63, 3.8) is 0 Å². The minimum atomic E-state index is 0.331.